The summed E-state index contributed by atoms with van der Waals surface area (Å²) in [6.07, 6.45) is 102. The van der Waals surface area contributed by atoms with Crippen molar-refractivity contribution in [3.05, 3.63) is 97.2 Å². The Bertz CT molecular complexity index is 1420. The molecule has 0 heterocycles. The molecule has 0 aliphatic heterocycles. The molecule has 2 atom stereocenters. The van der Waals surface area contributed by atoms with E-state index in [1.807, 2.05) is 0 Å². The van der Waals surface area contributed by atoms with Crippen molar-refractivity contribution in [1.29, 1.82) is 0 Å². The third kappa shape index (κ3) is 64.1. The molecule has 452 valence electrons. The molecule has 0 aromatic heterocycles. The predicted octanol–water partition coefficient (Wildman–Crippen LogP) is 23.6. The SMILES string of the molecule is CC/C=C\C/C=C\C/C=C\C/C=C\C/C=C\C/C=C\C/C=C\C/C=C\CCCCCCCCCCCCC(=O)NC(CO)C(O)CCCCCCCCCCCCCCCCCCCCCCCCCCCCCCCCC. The third-order valence-electron chi connectivity index (χ3n) is 15.6. The minimum Gasteiger partial charge on any atom is -0.394 e. The van der Waals surface area contributed by atoms with E-state index in [0.29, 0.717) is 12.8 Å². The van der Waals surface area contributed by atoms with Gasteiger partial charge in [-0.3, -0.25) is 4.79 Å². The van der Waals surface area contributed by atoms with Crippen LogP contribution >= 0.6 is 0 Å². The van der Waals surface area contributed by atoms with Crippen molar-refractivity contribution in [1.82, 2.24) is 5.32 Å². The van der Waals surface area contributed by atoms with Gasteiger partial charge in [0.1, 0.15) is 0 Å². The molecule has 0 fully saturated rings. The van der Waals surface area contributed by atoms with Crippen LogP contribution in [0.3, 0.4) is 0 Å². The molecule has 0 aromatic carbocycles. The van der Waals surface area contributed by atoms with Crippen molar-refractivity contribution in [2.45, 2.75) is 360 Å². The molecule has 0 aliphatic carbocycles. The summed E-state index contributed by atoms with van der Waals surface area (Å²) in [6.45, 7) is 4.27. The number of unbranched alkanes of at least 4 members (excludes halogenated alkanes) is 40. The Labute approximate surface area is 487 Å². The first-order valence-electron chi connectivity index (χ1n) is 34.4. The maximum Gasteiger partial charge on any atom is 0.220 e. The average molecular weight is 1080 g/mol. The Kier molecular flexibility index (Phi) is 66.2. The van der Waals surface area contributed by atoms with Crippen LogP contribution in [-0.4, -0.2) is 34.9 Å². The zero-order chi connectivity index (χ0) is 56.2. The fourth-order valence-corrected chi connectivity index (χ4v) is 10.4. The summed E-state index contributed by atoms with van der Waals surface area (Å²) in [6, 6.07) is -0.547. The summed E-state index contributed by atoms with van der Waals surface area (Å²) >= 11 is 0. The first kappa shape index (κ1) is 75.3. The van der Waals surface area contributed by atoms with Gasteiger partial charge >= 0.3 is 0 Å². The van der Waals surface area contributed by atoms with Gasteiger partial charge in [-0.25, -0.2) is 0 Å². The number of aliphatic hydroxyl groups is 2. The summed E-state index contributed by atoms with van der Waals surface area (Å²) in [7, 11) is 0. The Morgan fingerprint density at radius 3 is 0.846 bits per heavy atom. The quantitative estimate of drug-likeness (QED) is 0.0420. The summed E-state index contributed by atoms with van der Waals surface area (Å²) in [5.41, 5.74) is 0. The van der Waals surface area contributed by atoms with E-state index in [2.05, 4.69) is 116 Å². The van der Waals surface area contributed by atoms with Crippen LogP contribution < -0.4 is 5.32 Å². The van der Waals surface area contributed by atoms with Crippen molar-refractivity contribution in [3.8, 4) is 0 Å². The molecule has 0 spiro atoms. The third-order valence-corrected chi connectivity index (χ3v) is 15.6. The highest BCUT2D eigenvalue weighted by molar-refractivity contribution is 5.76. The van der Waals surface area contributed by atoms with Crippen molar-refractivity contribution in [2.24, 2.45) is 0 Å². The van der Waals surface area contributed by atoms with Gasteiger partial charge in [0.25, 0.3) is 0 Å². The van der Waals surface area contributed by atoms with Gasteiger partial charge in [0, 0.05) is 6.42 Å². The summed E-state index contributed by atoms with van der Waals surface area (Å²) < 4.78 is 0. The van der Waals surface area contributed by atoms with Crippen LogP contribution in [0.15, 0.2) is 97.2 Å². The molecule has 1 amide bonds. The monoisotopic (exact) mass is 1080 g/mol. The van der Waals surface area contributed by atoms with Gasteiger partial charge < -0.3 is 15.5 Å². The minimum atomic E-state index is -0.669. The Morgan fingerprint density at radius 1 is 0.321 bits per heavy atom. The number of hydrogen-bond acceptors (Lipinski definition) is 3. The molecule has 0 bridgehead atoms. The number of carbonyl (C=O) groups excluding carboxylic acids is 1. The molecular formula is C74H133NO3. The van der Waals surface area contributed by atoms with Crippen LogP contribution in [0.1, 0.15) is 348 Å². The van der Waals surface area contributed by atoms with Crippen LogP contribution in [0.25, 0.3) is 0 Å². The maximum absolute atomic E-state index is 12.6. The van der Waals surface area contributed by atoms with Crippen LogP contribution in [0.2, 0.25) is 0 Å². The van der Waals surface area contributed by atoms with Crippen LogP contribution in [-0.2, 0) is 4.79 Å². The van der Waals surface area contributed by atoms with E-state index >= 15 is 0 Å². The van der Waals surface area contributed by atoms with Crippen LogP contribution in [0.4, 0.5) is 0 Å². The Hall–Kier alpha value is -2.69. The summed E-state index contributed by atoms with van der Waals surface area (Å²) in [5.74, 6) is -0.0350. The number of hydrogen-bond donors (Lipinski definition) is 3. The van der Waals surface area contributed by atoms with Crippen molar-refractivity contribution < 1.29 is 15.0 Å². The standard InChI is InChI=1S/C74H133NO3/c1-3-5-7-9-11-13-15-17-19-21-23-25-27-29-31-33-35-36-37-38-40-42-44-46-48-50-52-54-56-58-60-62-64-66-68-70-74(78)75-72(71-76)73(77)69-67-65-63-61-59-57-55-53-51-49-47-45-43-41-39-34-32-30-28-26-24-22-20-18-16-14-12-10-8-6-4-2/h5,7,11,13,17,19,23,25,29,31,35-36,38,40,44,46,72-73,76-77H,3-4,6,8-10,12,14-16,18,20-22,24,26-28,30,32-34,37,39,41-43,45,47-71H2,1-2H3,(H,75,78)/b7-5-,13-11-,19-17-,25-23-,31-29-,36-35-,40-38-,46-44-. The van der Waals surface area contributed by atoms with Crippen LogP contribution in [0, 0.1) is 0 Å². The molecule has 0 saturated carbocycles. The zero-order valence-corrected chi connectivity index (χ0v) is 52.2. The predicted molar refractivity (Wildman–Crippen MR) is 350 cm³/mol. The average Bonchev–Trinajstić information content (AvgIpc) is 3.44. The summed E-state index contributed by atoms with van der Waals surface area (Å²) in [4.78, 5) is 12.6. The van der Waals surface area contributed by atoms with E-state index in [-0.39, 0.29) is 12.5 Å². The molecule has 0 saturated heterocycles. The van der Waals surface area contributed by atoms with E-state index < -0.39 is 12.1 Å². The molecular weight excluding hydrogens is 951 g/mol. The van der Waals surface area contributed by atoms with Crippen LogP contribution in [0.5, 0.6) is 0 Å². The van der Waals surface area contributed by atoms with Gasteiger partial charge in [-0.2, -0.15) is 0 Å². The second kappa shape index (κ2) is 68.6. The van der Waals surface area contributed by atoms with E-state index in [0.717, 1.165) is 77.0 Å². The van der Waals surface area contributed by atoms with Gasteiger partial charge in [0.15, 0.2) is 0 Å². The highest BCUT2D eigenvalue weighted by Crippen LogP contribution is 2.18. The number of aliphatic hydroxyl groups excluding tert-OH is 2. The van der Waals surface area contributed by atoms with Crippen molar-refractivity contribution in [2.75, 3.05) is 6.61 Å². The van der Waals surface area contributed by atoms with E-state index in [9.17, 15) is 15.0 Å². The fourth-order valence-electron chi connectivity index (χ4n) is 10.4. The molecule has 4 nitrogen and oxygen atoms in total. The molecule has 2 unspecified atom stereocenters. The lowest BCUT2D eigenvalue weighted by Gasteiger charge is -2.22. The summed E-state index contributed by atoms with van der Waals surface area (Å²) in [5, 5.41) is 23.5. The van der Waals surface area contributed by atoms with Gasteiger partial charge in [-0.1, -0.05) is 361 Å². The van der Waals surface area contributed by atoms with Gasteiger partial charge in [-0.05, 0) is 77.0 Å². The Balaban J connectivity index is 3.49. The Morgan fingerprint density at radius 2 is 0.564 bits per heavy atom. The molecule has 3 N–H and O–H groups in total. The van der Waals surface area contributed by atoms with E-state index in [1.54, 1.807) is 0 Å². The van der Waals surface area contributed by atoms with E-state index in [1.165, 1.54) is 244 Å². The fraction of sp³-hybridized carbons (Fsp3) is 0.770. The topological polar surface area (TPSA) is 69.6 Å². The second-order valence-corrected chi connectivity index (χ2v) is 23.2. The normalized spacial score (nSPS) is 13.3. The molecule has 0 rings (SSSR count). The number of nitrogens with one attached hydrogen (secondary N) is 1. The van der Waals surface area contributed by atoms with E-state index in [4.69, 9.17) is 0 Å². The zero-order valence-electron chi connectivity index (χ0n) is 52.2. The highest BCUT2D eigenvalue weighted by atomic mass is 16.3. The largest absolute Gasteiger partial charge is 0.394 e. The van der Waals surface area contributed by atoms with Crippen molar-refractivity contribution in [3.63, 3.8) is 0 Å². The first-order chi connectivity index (χ1) is 38.7. The molecule has 0 aromatic rings. The maximum atomic E-state index is 12.6. The van der Waals surface area contributed by atoms with Gasteiger partial charge in [-0.15, -0.1) is 0 Å². The number of carbonyl (C=O) groups is 1. The molecule has 78 heavy (non-hydrogen) atoms. The molecule has 0 radical (unpaired) electrons. The first-order valence-corrected chi connectivity index (χ1v) is 34.4. The molecule has 0 aliphatic rings. The lowest BCUT2D eigenvalue weighted by atomic mass is 10.0. The number of amides is 1. The lowest BCUT2D eigenvalue weighted by Crippen LogP contribution is -2.45. The smallest absolute Gasteiger partial charge is 0.220 e. The lowest BCUT2D eigenvalue weighted by molar-refractivity contribution is -0.123. The number of rotatable bonds is 63. The number of allylic oxidation sites excluding steroid dienone is 16. The van der Waals surface area contributed by atoms with Crippen molar-refractivity contribution >= 4 is 5.91 Å². The minimum absolute atomic E-state index is 0.0350. The van der Waals surface area contributed by atoms with Gasteiger partial charge in [0.2, 0.25) is 5.91 Å². The second-order valence-electron chi connectivity index (χ2n) is 23.2. The van der Waals surface area contributed by atoms with Gasteiger partial charge in [0.05, 0.1) is 18.8 Å². The molecule has 4 heteroatoms. The highest BCUT2D eigenvalue weighted by Gasteiger charge is 2.20.